The molecule has 1 aliphatic rings. The second-order valence-corrected chi connectivity index (χ2v) is 8.72. The molecule has 0 unspecified atom stereocenters. The Hall–Kier alpha value is -3.66. The van der Waals surface area contributed by atoms with E-state index >= 15 is 0 Å². The Labute approximate surface area is 204 Å². The standard InChI is InChI=1S/C25H21F3N2O4S/c1-33-20-11-16(12-21(13-20)34-2)23(32)29-18-5-3-4-15(10-18)24-30(22(31)14-35-24)19-8-6-17(7-9-19)25(26,27)28/h3-13,24H,14H2,1-2H3,(H,29,32)/t24-/m1/s1. The molecule has 0 saturated carbocycles. The van der Waals surface area contributed by atoms with E-state index < -0.39 is 17.1 Å². The summed E-state index contributed by atoms with van der Waals surface area (Å²) in [6.07, 6.45) is -4.46. The summed E-state index contributed by atoms with van der Waals surface area (Å²) in [5.74, 6) is 0.533. The lowest BCUT2D eigenvalue weighted by Crippen LogP contribution is -2.28. The highest BCUT2D eigenvalue weighted by atomic mass is 32.2. The molecular weight excluding hydrogens is 481 g/mol. The second kappa shape index (κ2) is 9.91. The Kier molecular flexibility index (Phi) is 6.93. The molecule has 1 heterocycles. The minimum Gasteiger partial charge on any atom is -0.497 e. The molecular formula is C25H21F3N2O4S. The van der Waals surface area contributed by atoms with Gasteiger partial charge in [0, 0.05) is 23.0 Å². The van der Waals surface area contributed by atoms with Gasteiger partial charge in [-0.25, -0.2) is 0 Å². The van der Waals surface area contributed by atoms with Gasteiger partial charge in [0.1, 0.15) is 16.9 Å². The molecule has 1 atom stereocenters. The van der Waals surface area contributed by atoms with Gasteiger partial charge >= 0.3 is 6.18 Å². The number of rotatable bonds is 6. The maximum Gasteiger partial charge on any atom is 0.416 e. The predicted octanol–water partition coefficient (Wildman–Crippen LogP) is 5.75. The summed E-state index contributed by atoms with van der Waals surface area (Å²) in [6.45, 7) is 0. The average molecular weight is 503 g/mol. The average Bonchev–Trinajstić information content (AvgIpc) is 3.24. The van der Waals surface area contributed by atoms with Gasteiger partial charge in [0.15, 0.2) is 0 Å². The van der Waals surface area contributed by atoms with Gasteiger partial charge in [-0.15, -0.1) is 11.8 Å². The van der Waals surface area contributed by atoms with E-state index in [4.69, 9.17) is 9.47 Å². The van der Waals surface area contributed by atoms with Crippen molar-refractivity contribution in [3.8, 4) is 11.5 Å². The first-order valence-corrected chi connectivity index (χ1v) is 11.5. The van der Waals surface area contributed by atoms with E-state index in [0.29, 0.717) is 28.4 Å². The van der Waals surface area contributed by atoms with E-state index in [9.17, 15) is 22.8 Å². The number of thioether (sulfide) groups is 1. The molecule has 2 amide bonds. The fourth-order valence-corrected chi connectivity index (χ4v) is 4.84. The van der Waals surface area contributed by atoms with Crippen LogP contribution in [0.5, 0.6) is 11.5 Å². The SMILES string of the molecule is COc1cc(OC)cc(C(=O)Nc2cccc([C@H]3SCC(=O)N3c3ccc(C(F)(F)F)cc3)c2)c1. The molecule has 1 saturated heterocycles. The van der Waals surface area contributed by atoms with Crippen molar-refractivity contribution in [3.63, 3.8) is 0 Å². The first-order valence-electron chi connectivity index (χ1n) is 10.4. The number of benzene rings is 3. The lowest BCUT2D eigenvalue weighted by molar-refractivity contribution is -0.137. The Bertz CT molecular complexity index is 1230. The molecule has 0 radical (unpaired) electrons. The van der Waals surface area contributed by atoms with E-state index in [1.54, 1.807) is 42.5 Å². The molecule has 35 heavy (non-hydrogen) atoms. The van der Waals surface area contributed by atoms with Gasteiger partial charge < -0.3 is 14.8 Å². The first kappa shape index (κ1) is 24.5. The Morgan fingerprint density at radius 3 is 2.26 bits per heavy atom. The van der Waals surface area contributed by atoms with Crippen LogP contribution >= 0.6 is 11.8 Å². The number of methoxy groups -OCH3 is 2. The molecule has 1 N–H and O–H groups in total. The van der Waals surface area contributed by atoms with Crippen molar-refractivity contribution in [2.75, 3.05) is 30.2 Å². The van der Waals surface area contributed by atoms with E-state index in [0.717, 1.165) is 17.7 Å². The van der Waals surface area contributed by atoms with Gasteiger partial charge in [0.2, 0.25) is 5.91 Å². The molecule has 1 fully saturated rings. The van der Waals surface area contributed by atoms with Crippen LogP contribution in [0.4, 0.5) is 24.5 Å². The smallest absolute Gasteiger partial charge is 0.416 e. The lowest BCUT2D eigenvalue weighted by Gasteiger charge is -2.25. The molecule has 3 aromatic carbocycles. The van der Waals surface area contributed by atoms with Gasteiger partial charge in [0.05, 0.1) is 25.5 Å². The Morgan fingerprint density at radius 1 is 1.00 bits per heavy atom. The molecule has 0 bridgehead atoms. The number of hydrogen-bond donors (Lipinski definition) is 1. The lowest BCUT2D eigenvalue weighted by atomic mass is 10.1. The number of carbonyl (C=O) groups is 2. The highest BCUT2D eigenvalue weighted by Crippen LogP contribution is 2.43. The molecule has 6 nitrogen and oxygen atoms in total. The van der Waals surface area contributed by atoms with Crippen molar-refractivity contribution in [2.24, 2.45) is 0 Å². The normalized spacial score (nSPS) is 15.7. The van der Waals surface area contributed by atoms with E-state index in [1.165, 1.54) is 43.0 Å². The molecule has 0 aromatic heterocycles. The summed E-state index contributed by atoms with van der Waals surface area (Å²) in [7, 11) is 2.98. The van der Waals surface area contributed by atoms with Crippen LogP contribution in [-0.2, 0) is 11.0 Å². The quantitative estimate of drug-likeness (QED) is 0.465. The number of alkyl halides is 3. The fourth-order valence-electron chi connectivity index (χ4n) is 3.67. The Morgan fingerprint density at radius 2 is 1.66 bits per heavy atom. The number of carbonyl (C=O) groups excluding carboxylic acids is 2. The van der Waals surface area contributed by atoms with Crippen LogP contribution in [-0.4, -0.2) is 31.8 Å². The van der Waals surface area contributed by atoms with Gasteiger partial charge in [-0.1, -0.05) is 12.1 Å². The first-order chi connectivity index (χ1) is 16.7. The third-order valence-electron chi connectivity index (χ3n) is 5.38. The Balaban J connectivity index is 1.57. The van der Waals surface area contributed by atoms with Gasteiger partial charge in [0.25, 0.3) is 5.91 Å². The van der Waals surface area contributed by atoms with E-state index in [-0.39, 0.29) is 17.6 Å². The van der Waals surface area contributed by atoms with Crippen molar-refractivity contribution in [1.82, 2.24) is 0 Å². The van der Waals surface area contributed by atoms with Gasteiger partial charge in [-0.2, -0.15) is 13.2 Å². The van der Waals surface area contributed by atoms with Crippen LogP contribution in [0.15, 0.2) is 66.7 Å². The summed E-state index contributed by atoms with van der Waals surface area (Å²) < 4.78 is 49.2. The summed E-state index contributed by atoms with van der Waals surface area (Å²) in [4.78, 5) is 26.9. The van der Waals surface area contributed by atoms with Crippen molar-refractivity contribution < 1.29 is 32.2 Å². The molecule has 0 aliphatic carbocycles. The second-order valence-electron chi connectivity index (χ2n) is 7.65. The zero-order valence-electron chi connectivity index (χ0n) is 18.8. The third kappa shape index (κ3) is 5.37. The number of amides is 2. The van der Waals surface area contributed by atoms with Crippen molar-refractivity contribution >= 4 is 35.0 Å². The monoisotopic (exact) mass is 502 g/mol. The van der Waals surface area contributed by atoms with Crippen molar-refractivity contribution in [3.05, 3.63) is 83.4 Å². The highest BCUT2D eigenvalue weighted by molar-refractivity contribution is 8.00. The number of hydrogen-bond acceptors (Lipinski definition) is 5. The molecule has 10 heteroatoms. The zero-order chi connectivity index (χ0) is 25.2. The highest BCUT2D eigenvalue weighted by Gasteiger charge is 2.35. The number of nitrogens with one attached hydrogen (secondary N) is 1. The molecule has 0 spiro atoms. The number of ether oxygens (including phenoxy) is 2. The van der Waals surface area contributed by atoms with Crippen LogP contribution < -0.4 is 19.7 Å². The van der Waals surface area contributed by atoms with Crippen LogP contribution in [0.25, 0.3) is 0 Å². The van der Waals surface area contributed by atoms with Crippen molar-refractivity contribution in [1.29, 1.82) is 0 Å². The topological polar surface area (TPSA) is 67.9 Å². The molecule has 1 aliphatic heterocycles. The minimum absolute atomic E-state index is 0.186. The summed E-state index contributed by atoms with van der Waals surface area (Å²) in [5.41, 5.74) is 1.15. The van der Waals surface area contributed by atoms with Crippen LogP contribution in [0, 0.1) is 0 Å². The predicted molar refractivity (Wildman–Crippen MR) is 128 cm³/mol. The summed E-state index contributed by atoms with van der Waals surface area (Å²) >= 11 is 1.36. The number of anilines is 2. The third-order valence-corrected chi connectivity index (χ3v) is 6.60. The fraction of sp³-hybridized carbons (Fsp3) is 0.200. The molecule has 3 aromatic rings. The minimum atomic E-state index is -4.46. The van der Waals surface area contributed by atoms with Gasteiger partial charge in [-0.05, 0) is 54.1 Å². The van der Waals surface area contributed by atoms with E-state index in [1.807, 2.05) is 0 Å². The van der Waals surface area contributed by atoms with Crippen LogP contribution in [0.1, 0.15) is 26.9 Å². The summed E-state index contributed by atoms with van der Waals surface area (Å²) in [5, 5.41) is 2.38. The largest absolute Gasteiger partial charge is 0.497 e. The van der Waals surface area contributed by atoms with Crippen LogP contribution in [0.2, 0.25) is 0 Å². The zero-order valence-corrected chi connectivity index (χ0v) is 19.6. The van der Waals surface area contributed by atoms with E-state index in [2.05, 4.69) is 5.32 Å². The van der Waals surface area contributed by atoms with Crippen LogP contribution in [0.3, 0.4) is 0 Å². The maximum absolute atomic E-state index is 12.9. The summed E-state index contributed by atoms with van der Waals surface area (Å²) in [6, 6.07) is 16.3. The molecule has 182 valence electrons. The number of nitrogens with zero attached hydrogens (tertiary/aromatic N) is 1. The van der Waals surface area contributed by atoms with Gasteiger partial charge in [-0.3, -0.25) is 14.5 Å². The maximum atomic E-state index is 12.9. The van der Waals surface area contributed by atoms with Crippen molar-refractivity contribution in [2.45, 2.75) is 11.6 Å². The molecule has 4 rings (SSSR count). The number of halogens is 3.